The van der Waals surface area contributed by atoms with Crippen LogP contribution < -0.4 is 15.4 Å². The lowest BCUT2D eigenvalue weighted by Gasteiger charge is -2.28. The van der Waals surface area contributed by atoms with E-state index < -0.39 is 6.04 Å². The number of fused-ring (bicyclic) bond motifs is 1. The number of nitrogens with one attached hydrogen (secondary N) is 2. The van der Waals surface area contributed by atoms with Crippen molar-refractivity contribution in [3.8, 4) is 5.75 Å². The third-order valence-corrected chi connectivity index (χ3v) is 6.46. The van der Waals surface area contributed by atoms with Crippen molar-refractivity contribution in [3.63, 3.8) is 0 Å². The molecule has 2 N–H and O–H groups in total. The molecule has 0 spiro atoms. The zero-order chi connectivity index (χ0) is 25.2. The van der Waals surface area contributed by atoms with Gasteiger partial charge in [0.1, 0.15) is 18.4 Å². The Hall–Kier alpha value is -3.88. The van der Waals surface area contributed by atoms with E-state index in [1.54, 1.807) is 16.8 Å². The number of tetrazole rings is 1. The molecule has 0 fully saturated rings. The number of benzene rings is 3. The van der Waals surface area contributed by atoms with E-state index in [0.29, 0.717) is 45.3 Å². The Balaban J connectivity index is 1.40. The van der Waals surface area contributed by atoms with E-state index in [-0.39, 0.29) is 5.91 Å². The van der Waals surface area contributed by atoms with Gasteiger partial charge in [0.25, 0.3) is 5.91 Å². The number of ether oxygens (including phenoxy) is 1. The topological polar surface area (TPSA) is 94.0 Å². The second kappa shape index (κ2) is 10.0. The maximum Gasteiger partial charge on any atom is 0.255 e. The number of allylic oxidation sites excluding steroid dienone is 1. The Morgan fingerprint density at radius 3 is 2.53 bits per heavy atom. The molecule has 1 amide bonds. The van der Waals surface area contributed by atoms with Crippen molar-refractivity contribution in [2.45, 2.75) is 26.5 Å². The number of hydrogen-bond donors (Lipinski definition) is 2. The molecule has 4 aromatic rings. The molecule has 2 heterocycles. The van der Waals surface area contributed by atoms with Gasteiger partial charge in [-0.25, -0.2) is 0 Å². The first-order valence-electron chi connectivity index (χ1n) is 11.2. The highest BCUT2D eigenvalue weighted by Crippen LogP contribution is 2.35. The van der Waals surface area contributed by atoms with Gasteiger partial charge in [-0.05, 0) is 66.2 Å². The van der Waals surface area contributed by atoms with E-state index in [1.165, 1.54) is 0 Å². The normalized spacial score (nSPS) is 14.7. The minimum absolute atomic E-state index is 0.243. The van der Waals surface area contributed by atoms with E-state index in [0.717, 1.165) is 16.7 Å². The predicted octanol–water partition coefficient (Wildman–Crippen LogP) is 5.79. The van der Waals surface area contributed by atoms with Crippen molar-refractivity contribution in [2.24, 2.45) is 0 Å². The Kier molecular flexibility index (Phi) is 6.63. The highest BCUT2D eigenvalue weighted by molar-refractivity contribution is 6.35. The van der Waals surface area contributed by atoms with Crippen molar-refractivity contribution in [2.75, 3.05) is 10.6 Å². The van der Waals surface area contributed by atoms with E-state index in [1.807, 2.05) is 68.4 Å². The molecule has 0 aliphatic carbocycles. The first-order valence-corrected chi connectivity index (χ1v) is 11.9. The highest BCUT2D eigenvalue weighted by atomic mass is 35.5. The fourth-order valence-corrected chi connectivity index (χ4v) is 4.46. The molecule has 0 radical (unpaired) electrons. The molecule has 0 bridgehead atoms. The monoisotopic (exact) mass is 520 g/mol. The second-order valence-electron chi connectivity index (χ2n) is 8.43. The van der Waals surface area contributed by atoms with Crippen molar-refractivity contribution in [3.05, 3.63) is 105 Å². The van der Waals surface area contributed by atoms with Gasteiger partial charge in [0.05, 0.1) is 5.57 Å². The molecule has 3 aromatic carbocycles. The number of anilines is 2. The summed E-state index contributed by atoms with van der Waals surface area (Å²) in [5.74, 6) is 0.872. The summed E-state index contributed by atoms with van der Waals surface area (Å²) in [5, 5.41) is 19.2. The van der Waals surface area contributed by atoms with Gasteiger partial charge < -0.3 is 15.4 Å². The van der Waals surface area contributed by atoms with Crippen molar-refractivity contribution in [1.82, 2.24) is 20.2 Å². The van der Waals surface area contributed by atoms with Crippen LogP contribution in [0.1, 0.15) is 29.7 Å². The number of nitrogens with zero attached hydrogens (tertiary/aromatic N) is 4. The molecule has 1 aliphatic rings. The first kappa shape index (κ1) is 23.8. The minimum Gasteiger partial charge on any atom is -0.489 e. The average molecular weight is 521 g/mol. The summed E-state index contributed by atoms with van der Waals surface area (Å²) >= 11 is 12.2. The van der Waals surface area contributed by atoms with E-state index >= 15 is 0 Å². The molecule has 36 heavy (non-hydrogen) atoms. The maximum absolute atomic E-state index is 13.4. The van der Waals surface area contributed by atoms with Crippen LogP contribution in [0.3, 0.4) is 0 Å². The largest absolute Gasteiger partial charge is 0.489 e. The molecule has 1 unspecified atom stereocenters. The number of carbonyl (C=O) groups is 1. The average Bonchev–Trinajstić information content (AvgIpc) is 3.32. The third kappa shape index (κ3) is 4.91. The molecular weight excluding hydrogens is 499 g/mol. The van der Waals surface area contributed by atoms with Crippen molar-refractivity contribution in [1.29, 1.82) is 0 Å². The fraction of sp³-hybridized carbons (Fsp3) is 0.154. The van der Waals surface area contributed by atoms with E-state index in [9.17, 15) is 4.79 Å². The molecule has 0 saturated carbocycles. The van der Waals surface area contributed by atoms with Crippen LogP contribution in [0.25, 0.3) is 0 Å². The molecule has 1 aliphatic heterocycles. The summed E-state index contributed by atoms with van der Waals surface area (Å²) in [6, 6.07) is 19.9. The number of hydrogen-bond acceptors (Lipinski definition) is 6. The number of carbonyl (C=O) groups excluding carboxylic acids is 1. The zero-order valence-corrected chi connectivity index (χ0v) is 21.0. The standard InChI is InChI=1S/C26H22Cl2N6O2/c1-15-3-9-20(10-4-15)30-25(35)23-16(2)29-26-31-32-33-34(26)24(23)17-6-11-21(12-7-17)36-14-18-5-8-19(27)13-22(18)28/h3-13,24H,14H2,1-2H3,(H,30,35)(H,29,31,33). The van der Waals surface area contributed by atoms with Gasteiger partial charge in [0.2, 0.25) is 5.95 Å². The summed E-state index contributed by atoms with van der Waals surface area (Å²) in [4.78, 5) is 13.4. The molecule has 1 aromatic heterocycles. The van der Waals surface area contributed by atoms with E-state index in [4.69, 9.17) is 27.9 Å². The Morgan fingerprint density at radius 1 is 1.06 bits per heavy atom. The number of rotatable bonds is 6. The van der Waals surface area contributed by atoms with Crippen LogP contribution in [0.2, 0.25) is 10.0 Å². The SMILES string of the molecule is CC1=C(C(=O)Nc2ccc(C)cc2)C(c2ccc(OCc3ccc(Cl)cc3Cl)cc2)n2nnnc2N1. The molecule has 8 nitrogen and oxygen atoms in total. The summed E-state index contributed by atoms with van der Waals surface area (Å²) in [7, 11) is 0. The lowest BCUT2D eigenvalue weighted by Crippen LogP contribution is -2.31. The molecule has 1 atom stereocenters. The molecular formula is C26H22Cl2N6O2. The summed E-state index contributed by atoms with van der Waals surface area (Å²) < 4.78 is 7.51. The van der Waals surface area contributed by atoms with Gasteiger partial charge in [-0.3, -0.25) is 4.79 Å². The summed E-state index contributed by atoms with van der Waals surface area (Å²) in [5.41, 5.74) is 4.66. The number of aryl methyl sites for hydroxylation is 1. The van der Waals surface area contributed by atoms with Crippen LogP contribution in [0.4, 0.5) is 11.6 Å². The zero-order valence-electron chi connectivity index (χ0n) is 19.5. The third-order valence-electron chi connectivity index (χ3n) is 5.87. The van der Waals surface area contributed by atoms with Crippen molar-refractivity contribution >= 4 is 40.7 Å². The number of halogens is 2. The molecule has 0 saturated heterocycles. The van der Waals surface area contributed by atoms with E-state index in [2.05, 4.69) is 26.2 Å². The van der Waals surface area contributed by atoms with Crippen LogP contribution in [0.5, 0.6) is 5.75 Å². The van der Waals surface area contributed by atoms with Crippen LogP contribution in [0, 0.1) is 6.92 Å². The fourth-order valence-electron chi connectivity index (χ4n) is 4.00. The summed E-state index contributed by atoms with van der Waals surface area (Å²) in [6.07, 6.45) is 0. The number of aromatic nitrogens is 4. The quantitative estimate of drug-likeness (QED) is 0.334. The Morgan fingerprint density at radius 2 is 1.81 bits per heavy atom. The lowest BCUT2D eigenvalue weighted by atomic mass is 9.95. The van der Waals surface area contributed by atoms with Crippen LogP contribution in [-0.2, 0) is 11.4 Å². The lowest BCUT2D eigenvalue weighted by molar-refractivity contribution is -0.113. The Bertz CT molecular complexity index is 1450. The van der Waals surface area contributed by atoms with Gasteiger partial charge in [-0.1, -0.05) is 64.2 Å². The number of amides is 1. The van der Waals surface area contributed by atoms with Gasteiger partial charge in [0.15, 0.2) is 0 Å². The minimum atomic E-state index is -0.526. The molecule has 5 rings (SSSR count). The van der Waals surface area contributed by atoms with Gasteiger partial charge >= 0.3 is 0 Å². The maximum atomic E-state index is 13.4. The van der Waals surface area contributed by atoms with Crippen LogP contribution in [0.15, 0.2) is 78.0 Å². The van der Waals surface area contributed by atoms with Crippen LogP contribution in [-0.4, -0.2) is 26.1 Å². The molecule has 182 valence electrons. The smallest absolute Gasteiger partial charge is 0.255 e. The first-order chi connectivity index (χ1) is 17.4. The van der Waals surface area contributed by atoms with Crippen molar-refractivity contribution < 1.29 is 9.53 Å². The summed E-state index contributed by atoms with van der Waals surface area (Å²) in [6.45, 7) is 4.13. The van der Waals surface area contributed by atoms with Gasteiger partial charge in [-0.2, -0.15) is 4.68 Å². The van der Waals surface area contributed by atoms with Gasteiger partial charge in [0, 0.05) is 27.0 Å². The second-order valence-corrected chi connectivity index (χ2v) is 9.27. The Labute approximate surface area is 217 Å². The predicted molar refractivity (Wildman–Crippen MR) is 139 cm³/mol. The van der Waals surface area contributed by atoms with Gasteiger partial charge in [-0.15, -0.1) is 0 Å². The highest BCUT2D eigenvalue weighted by Gasteiger charge is 2.34. The van der Waals surface area contributed by atoms with Crippen LogP contribution >= 0.6 is 23.2 Å². The molecule has 10 heteroatoms.